The van der Waals surface area contributed by atoms with Crippen LogP contribution in [0.15, 0.2) is 76.1 Å². The number of nitrogens with zero attached hydrogens (tertiary/aromatic N) is 2. The Hall–Kier alpha value is -3.17. The van der Waals surface area contributed by atoms with Gasteiger partial charge in [-0.15, -0.1) is 0 Å². The number of aryl methyl sites for hydroxylation is 3. The normalized spacial score (nSPS) is 12.9. The number of benzene rings is 3. The molecule has 0 heterocycles. The molecule has 0 aliphatic heterocycles. The summed E-state index contributed by atoms with van der Waals surface area (Å²) in [6, 6.07) is 18.5. The molecule has 2 amide bonds. The first-order valence-electron chi connectivity index (χ1n) is 13.3. The minimum absolute atomic E-state index is 0.0632. The van der Waals surface area contributed by atoms with Crippen LogP contribution in [-0.4, -0.2) is 43.8 Å². The van der Waals surface area contributed by atoms with Crippen molar-refractivity contribution in [3.63, 3.8) is 0 Å². The summed E-state index contributed by atoms with van der Waals surface area (Å²) < 4.78 is 29.9. The molecule has 0 aliphatic rings. The number of carbonyl (C=O) groups excluding carboxylic acids is 2. The maximum Gasteiger partial charge on any atom is 0.264 e. The average Bonchev–Trinajstić information content (AvgIpc) is 2.91. The van der Waals surface area contributed by atoms with Gasteiger partial charge in [0.25, 0.3) is 10.0 Å². The predicted molar refractivity (Wildman–Crippen MR) is 164 cm³/mol. The van der Waals surface area contributed by atoms with Crippen LogP contribution in [0, 0.1) is 20.8 Å². The van der Waals surface area contributed by atoms with E-state index in [1.807, 2.05) is 65.0 Å². The zero-order valence-corrected chi connectivity index (χ0v) is 26.3. The maximum atomic E-state index is 14.0. The van der Waals surface area contributed by atoms with Crippen molar-refractivity contribution in [1.29, 1.82) is 0 Å². The van der Waals surface area contributed by atoms with E-state index in [0.29, 0.717) is 5.69 Å². The molecule has 0 fully saturated rings. The van der Waals surface area contributed by atoms with Gasteiger partial charge in [0.05, 0.1) is 10.6 Å². The van der Waals surface area contributed by atoms with Crippen LogP contribution in [0.4, 0.5) is 5.69 Å². The number of rotatable bonds is 11. The number of hydrogen-bond acceptors (Lipinski definition) is 4. The van der Waals surface area contributed by atoms with Crippen LogP contribution in [0.25, 0.3) is 0 Å². The highest BCUT2D eigenvalue weighted by Gasteiger charge is 2.33. The minimum Gasteiger partial charge on any atom is -0.352 e. The second-order valence-corrected chi connectivity index (χ2v) is 13.0. The number of hydrogen-bond donors (Lipinski definition) is 1. The second-order valence-electron chi connectivity index (χ2n) is 10.2. The summed E-state index contributed by atoms with van der Waals surface area (Å²) in [5.74, 6) is -0.780. The van der Waals surface area contributed by atoms with Crippen LogP contribution in [0.5, 0.6) is 0 Å². The molecule has 9 heteroatoms. The molecule has 1 N–H and O–H groups in total. The molecule has 3 aromatic rings. The fraction of sp³-hybridized carbons (Fsp3) is 0.355. The van der Waals surface area contributed by atoms with Gasteiger partial charge in [-0.1, -0.05) is 58.7 Å². The van der Waals surface area contributed by atoms with Gasteiger partial charge in [-0.25, -0.2) is 8.42 Å². The van der Waals surface area contributed by atoms with Gasteiger partial charge in [0.1, 0.15) is 12.6 Å². The maximum absolute atomic E-state index is 14.0. The summed E-state index contributed by atoms with van der Waals surface area (Å²) in [5.41, 5.74) is 4.03. The van der Waals surface area contributed by atoms with Gasteiger partial charge in [0.15, 0.2) is 0 Å². The van der Waals surface area contributed by atoms with Crippen LogP contribution in [-0.2, 0) is 26.2 Å². The molecule has 0 aromatic heterocycles. The molecule has 40 heavy (non-hydrogen) atoms. The second kappa shape index (κ2) is 13.5. The lowest BCUT2D eigenvalue weighted by atomic mass is 10.1. The van der Waals surface area contributed by atoms with Crippen molar-refractivity contribution in [3.8, 4) is 0 Å². The number of halogens is 1. The van der Waals surface area contributed by atoms with Gasteiger partial charge in [0.2, 0.25) is 11.8 Å². The summed E-state index contributed by atoms with van der Waals surface area (Å²) >= 11 is 3.47. The molecule has 3 aromatic carbocycles. The fourth-order valence-electron chi connectivity index (χ4n) is 4.13. The van der Waals surface area contributed by atoms with Crippen LogP contribution in [0.1, 0.15) is 49.4 Å². The lowest BCUT2D eigenvalue weighted by Gasteiger charge is -2.32. The summed E-state index contributed by atoms with van der Waals surface area (Å²) in [5, 5.41) is 2.95. The molecule has 0 bridgehead atoms. The van der Waals surface area contributed by atoms with Crippen molar-refractivity contribution in [2.75, 3.05) is 10.8 Å². The van der Waals surface area contributed by atoms with Gasteiger partial charge in [-0.2, -0.15) is 0 Å². The van der Waals surface area contributed by atoms with Crippen molar-refractivity contribution in [1.82, 2.24) is 10.2 Å². The molecule has 0 radical (unpaired) electrons. The monoisotopic (exact) mass is 627 g/mol. The van der Waals surface area contributed by atoms with Crippen LogP contribution in [0.3, 0.4) is 0 Å². The summed E-state index contributed by atoms with van der Waals surface area (Å²) in [6.45, 7) is 10.9. The zero-order chi connectivity index (χ0) is 29.6. The Kier molecular flexibility index (Phi) is 10.6. The van der Waals surface area contributed by atoms with Crippen LogP contribution in [0.2, 0.25) is 0 Å². The van der Waals surface area contributed by atoms with E-state index in [9.17, 15) is 18.0 Å². The third-order valence-corrected chi connectivity index (χ3v) is 9.36. The van der Waals surface area contributed by atoms with E-state index in [1.165, 1.54) is 4.90 Å². The van der Waals surface area contributed by atoms with Gasteiger partial charge >= 0.3 is 0 Å². The zero-order valence-electron chi connectivity index (χ0n) is 23.9. The summed E-state index contributed by atoms with van der Waals surface area (Å²) in [4.78, 5) is 28.7. The van der Waals surface area contributed by atoms with E-state index in [1.54, 1.807) is 43.3 Å². The third-order valence-electron chi connectivity index (χ3n) is 7.08. The number of amides is 2. The van der Waals surface area contributed by atoms with Crippen molar-refractivity contribution in [2.45, 2.75) is 71.5 Å². The predicted octanol–water partition coefficient (Wildman–Crippen LogP) is 5.90. The molecule has 7 nitrogen and oxygen atoms in total. The van der Waals surface area contributed by atoms with Gasteiger partial charge in [0, 0.05) is 17.1 Å². The molecular weight excluding hydrogens is 590 g/mol. The standard InChI is InChI=1S/C31H38BrN3O4S/c1-7-24(5)33-31(37)25(6)34(19-26-9-8-10-27(32)18-26)30(36)20-35(28-14-13-22(3)23(4)17-28)40(38,39)29-15-11-21(2)12-16-29/h8-18,24-25H,7,19-20H2,1-6H3,(H,33,37)/t24-,25+/m1/s1. The Bertz CT molecular complexity index is 1460. The smallest absolute Gasteiger partial charge is 0.264 e. The molecular formula is C31H38BrN3O4S. The lowest BCUT2D eigenvalue weighted by molar-refractivity contribution is -0.139. The molecule has 0 spiro atoms. The van der Waals surface area contributed by atoms with E-state index in [-0.39, 0.29) is 23.4 Å². The number of sulfonamides is 1. The molecule has 0 saturated heterocycles. The fourth-order valence-corrected chi connectivity index (χ4v) is 5.98. The molecule has 0 unspecified atom stereocenters. The Labute approximate surface area is 246 Å². The largest absolute Gasteiger partial charge is 0.352 e. The Morgan fingerprint density at radius 1 is 0.925 bits per heavy atom. The lowest BCUT2D eigenvalue weighted by Crippen LogP contribution is -2.52. The van der Waals surface area contributed by atoms with Crippen molar-refractivity contribution < 1.29 is 18.0 Å². The van der Waals surface area contributed by atoms with Gasteiger partial charge < -0.3 is 10.2 Å². The van der Waals surface area contributed by atoms with E-state index in [2.05, 4.69) is 21.2 Å². The van der Waals surface area contributed by atoms with Crippen LogP contribution < -0.4 is 9.62 Å². The van der Waals surface area contributed by atoms with Gasteiger partial charge in [-0.3, -0.25) is 13.9 Å². The quantitative estimate of drug-likeness (QED) is 0.287. The molecule has 0 saturated carbocycles. The number of anilines is 1. The van der Waals surface area contributed by atoms with Crippen LogP contribution >= 0.6 is 15.9 Å². The number of carbonyl (C=O) groups is 2. The highest BCUT2D eigenvalue weighted by Crippen LogP contribution is 2.27. The van der Waals surface area contributed by atoms with E-state index in [4.69, 9.17) is 0 Å². The first-order chi connectivity index (χ1) is 18.8. The Morgan fingerprint density at radius 2 is 1.60 bits per heavy atom. The van der Waals surface area contributed by atoms with Crippen molar-refractivity contribution in [2.24, 2.45) is 0 Å². The highest BCUT2D eigenvalue weighted by molar-refractivity contribution is 9.10. The Morgan fingerprint density at radius 3 is 2.20 bits per heavy atom. The third kappa shape index (κ3) is 7.73. The van der Waals surface area contributed by atoms with E-state index in [0.717, 1.165) is 37.5 Å². The molecule has 0 aliphatic carbocycles. The SMILES string of the molecule is CC[C@@H](C)NC(=O)[C@H](C)N(Cc1cccc(Br)c1)C(=O)CN(c1ccc(C)c(C)c1)S(=O)(=O)c1ccc(C)cc1. The number of nitrogens with one attached hydrogen (secondary N) is 1. The summed E-state index contributed by atoms with van der Waals surface area (Å²) in [7, 11) is -4.10. The first kappa shape index (κ1) is 31.4. The molecule has 2 atom stereocenters. The average molecular weight is 629 g/mol. The first-order valence-corrected chi connectivity index (χ1v) is 15.6. The van der Waals surface area contributed by atoms with E-state index < -0.39 is 28.5 Å². The Balaban J connectivity index is 2.05. The highest BCUT2D eigenvalue weighted by atomic mass is 79.9. The molecule has 214 valence electrons. The van der Waals surface area contributed by atoms with Crippen molar-refractivity contribution >= 4 is 43.5 Å². The van der Waals surface area contributed by atoms with E-state index >= 15 is 0 Å². The minimum atomic E-state index is -4.10. The summed E-state index contributed by atoms with van der Waals surface area (Å²) in [6.07, 6.45) is 0.743. The molecule has 3 rings (SSSR count). The van der Waals surface area contributed by atoms with Crippen molar-refractivity contribution in [3.05, 3.63) is 93.5 Å². The topological polar surface area (TPSA) is 86.8 Å². The van der Waals surface area contributed by atoms with Gasteiger partial charge in [-0.05, 0) is 94.1 Å².